The van der Waals surface area contributed by atoms with Gasteiger partial charge < -0.3 is 5.11 Å². The Labute approximate surface area is 97.0 Å². The number of rotatable bonds is 2. The summed E-state index contributed by atoms with van der Waals surface area (Å²) in [5, 5.41) is 10.0. The van der Waals surface area contributed by atoms with Gasteiger partial charge in [0.2, 0.25) is 0 Å². The second-order valence-electron chi connectivity index (χ2n) is 3.35. The number of aliphatic hydroxyl groups is 1. The Balaban J connectivity index is 2.25. The van der Waals surface area contributed by atoms with Gasteiger partial charge in [-0.3, -0.25) is 0 Å². The number of halogens is 2. The molecule has 0 amide bonds. The first-order chi connectivity index (χ1) is 6.68. The summed E-state index contributed by atoms with van der Waals surface area (Å²) in [4.78, 5) is 0. The van der Waals surface area contributed by atoms with Crippen molar-refractivity contribution in [1.82, 2.24) is 0 Å². The summed E-state index contributed by atoms with van der Waals surface area (Å²) in [5.74, 6) is 0. The van der Waals surface area contributed by atoms with Crippen molar-refractivity contribution in [2.24, 2.45) is 0 Å². The minimum Gasteiger partial charge on any atom is -0.384 e. The van der Waals surface area contributed by atoms with Gasteiger partial charge in [0, 0.05) is 5.56 Å². The lowest BCUT2D eigenvalue weighted by Crippen LogP contribution is -1.98. The largest absolute Gasteiger partial charge is 0.384 e. The molecule has 1 N–H and O–H groups in total. The molecule has 4 heteroatoms. The van der Waals surface area contributed by atoms with Gasteiger partial charge in [-0.15, -0.1) is 11.3 Å². The Kier molecular flexibility index (Phi) is 3.17. The van der Waals surface area contributed by atoms with Gasteiger partial charge in [-0.25, -0.2) is 0 Å². The first kappa shape index (κ1) is 10.5. The maximum Gasteiger partial charge on any atom is 0.102 e. The van der Waals surface area contributed by atoms with Crippen LogP contribution in [0.3, 0.4) is 0 Å². The van der Waals surface area contributed by atoms with Crippen LogP contribution in [0.25, 0.3) is 0 Å². The van der Waals surface area contributed by atoms with E-state index in [1.165, 1.54) is 11.3 Å². The van der Waals surface area contributed by atoms with E-state index in [0.717, 1.165) is 30.4 Å². The summed E-state index contributed by atoms with van der Waals surface area (Å²) >= 11 is 13.1. The highest BCUT2D eigenvalue weighted by Crippen LogP contribution is 2.39. The molecule has 0 spiro atoms. The van der Waals surface area contributed by atoms with Crippen LogP contribution < -0.4 is 0 Å². The second kappa shape index (κ2) is 4.23. The summed E-state index contributed by atoms with van der Waals surface area (Å²) in [6.07, 6.45) is 4.68. The summed E-state index contributed by atoms with van der Waals surface area (Å²) < 4.78 is 1.22. The average molecular weight is 249 g/mol. The van der Waals surface area contributed by atoms with Crippen molar-refractivity contribution >= 4 is 34.5 Å². The van der Waals surface area contributed by atoms with Gasteiger partial charge in [-0.1, -0.05) is 29.3 Å². The molecule has 1 nitrogen and oxygen atoms in total. The summed E-state index contributed by atoms with van der Waals surface area (Å²) in [5.41, 5.74) is 1.82. The predicted octanol–water partition coefficient (Wildman–Crippen LogP) is 4.20. The molecule has 1 aliphatic rings. The van der Waals surface area contributed by atoms with Gasteiger partial charge in [-0.05, 0) is 30.9 Å². The van der Waals surface area contributed by atoms with Crippen molar-refractivity contribution < 1.29 is 5.11 Å². The topological polar surface area (TPSA) is 20.2 Å². The number of allylic oxidation sites excluding steroid dienone is 1. The average Bonchev–Trinajstić information content (AvgIpc) is 2.73. The van der Waals surface area contributed by atoms with Crippen molar-refractivity contribution in [3.63, 3.8) is 0 Å². The highest BCUT2D eigenvalue weighted by atomic mass is 35.5. The molecular formula is C10H10Cl2OS. The standard InChI is InChI=1S/C10H10Cl2OS/c11-8-5-7(10(12)14-8)9(13)6-3-1-2-4-6/h3,5,9,13H,1-2,4H2. The molecule has 1 unspecified atom stereocenters. The first-order valence-corrected chi connectivity index (χ1v) is 6.07. The van der Waals surface area contributed by atoms with Crippen LogP contribution in [0, 0.1) is 0 Å². The van der Waals surface area contributed by atoms with Crippen LogP contribution in [0.2, 0.25) is 8.67 Å². The van der Waals surface area contributed by atoms with Gasteiger partial charge >= 0.3 is 0 Å². The molecule has 0 bridgehead atoms. The number of aliphatic hydroxyl groups excluding tert-OH is 1. The van der Waals surface area contributed by atoms with Crippen LogP contribution in [0.4, 0.5) is 0 Å². The van der Waals surface area contributed by atoms with Gasteiger partial charge in [0.25, 0.3) is 0 Å². The van der Waals surface area contributed by atoms with Crippen molar-refractivity contribution in [3.05, 3.63) is 32.0 Å². The van der Waals surface area contributed by atoms with Crippen LogP contribution in [0.15, 0.2) is 17.7 Å². The van der Waals surface area contributed by atoms with Crippen molar-refractivity contribution in [2.45, 2.75) is 25.4 Å². The third kappa shape index (κ3) is 1.98. The number of hydrogen-bond donors (Lipinski definition) is 1. The smallest absolute Gasteiger partial charge is 0.102 e. The molecule has 2 rings (SSSR count). The van der Waals surface area contributed by atoms with Gasteiger partial charge in [-0.2, -0.15) is 0 Å². The SMILES string of the molecule is OC(C1=CCCC1)c1cc(Cl)sc1Cl. The normalized spacial score (nSPS) is 18.4. The fourth-order valence-electron chi connectivity index (χ4n) is 1.68. The van der Waals surface area contributed by atoms with Crippen LogP contribution >= 0.6 is 34.5 Å². The molecule has 0 aliphatic heterocycles. The third-order valence-electron chi connectivity index (χ3n) is 2.40. The van der Waals surface area contributed by atoms with Crippen molar-refractivity contribution in [3.8, 4) is 0 Å². The quantitative estimate of drug-likeness (QED) is 0.779. The minimum atomic E-state index is -0.561. The molecule has 0 saturated heterocycles. The molecule has 0 fully saturated rings. The van der Waals surface area contributed by atoms with Crippen LogP contribution in [-0.2, 0) is 0 Å². The first-order valence-electron chi connectivity index (χ1n) is 4.50. The molecule has 1 aliphatic carbocycles. The zero-order valence-electron chi connectivity index (χ0n) is 7.46. The van der Waals surface area contributed by atoms with E-state index in [-0.39, 0.29) is 0 Å². The van der Waals surface area contributed by atoms with E-state index < -0.39 is 6.10 Å². The van der Waals surface area contributed by atoms with Crippen LogP contribution in [0.5, 0.6) is 0 Å². The highest BCUT2D eigenvalue weighted by Gasteiger charge is 2.20. The zero-order chi connectivity index (χ0) is 10.1. The van der Waals surface area contributed by atoms with E-state index in [1.807, 2.05) is 0 Å². The maximum absolute atomic E-state index is 10.0. The molecule has 0 radical (unpaired) electrons. The number of thiophene rings is 1. The summed E-state index contributed by atoms with van der Waals surface area (Å²) in [7, 11) is 0. The molecule has 1 heterocycles. The fraction of sp³-hybridized carbons (Fsp3) is 0.400. The highest BCUT2D eigenvalue weighted by molar-refractivity contribution is 7.20. The van der Waals surface area contributed by atoms with E-state index in [2.05, 4.69) is 6.08 Å². The van der Waals surface area contributed by atoms with Gasteiger partial charge in [0.15, 0.2) is 0 Å². The third-order valence-corrected chi connectivity index (χ3v) is 3.92. The van der Waals surface area contributed by atoms with E-state index in [1.54, 1.807) is 6.07 Å². The minimum absolute atomic E-state index is 0.561. The van der Waals surface area contributed by atoms with Crippen molar-refractivity contribution in [1.29, 1.82) is 0 Å². The van der Waals surface area contributed by atoms with Gasteiger partial charge in [0.05, 0.1) is 4.34 Å². The van der Waals surface area contributed by atoms with Crippen molar-refractivity contribution in [2.75, 3.05) is 0 Å². The van der Waals surface area contributed by atoms with E-state index >= 15 is 0 Å². The van der Waals surface area contributed by atoms with E-state index in [4.69, 9.17) is 23.2 Å². The molecule has 0 aromatic carbocycles. The Bertz CT molecular complexity index is 370. The molecule has 1 atom stereocenters. The monoisotopic (exact) mass is 248 g/mol. The Morgan fingerprint density at radius 1 is 1.43 bits per heavy atom. The van der Waals surface area contributed by atoms with E-state index in [0.29, 0.717) is 8.67 Å². The lowest BCUT2D eigenvalue weighted by Gasteiger charge is -2.10. The molecular weight excluding hydrogens is 239 g/mol. The van der Waals surface area contributed by atoms with Gasteiger partial charge in [0.1, 0.15) is 10.4 Å². The summed E-state index contributed by atoms with van der Waals surface area (Å²) in [6.45, 7) is 0. The lowest BCUT2D eigenvalue weighted by molar-refractivity contribution is 0.213. The second-order valence-corrected chi connectivity index (χ2v) is 5.64. The number of hydrogen-bond acceptors (Lipinski definition) is 2. The lowest BCUT2D eigenvalue weighted by atomic mass is 10.0. The zero-order valence-corrected chi connectivity index (χ0v) is 9.79. The Morgan fingerprint density at radius 3 is 2.71 bits per heavy atom. The molecule has 1 aromatic heterocycles. The van der Waals surface area contributed by atoms with Crippen LogP contribution in [0.1, 0.15) is 30.9 Å². The molecule has 1 aromatic rings. The fourth-order valence-corrected chi connectivity index (χ4v) is 3.20. The Morgan fingerprint density at radius 2 is 2.21 bits per heavy atom. The maximum atomic E-state index is 10.0. The molecule has 14 heavy (non-hydrogen) atoms. The molecule has 76 valence electrons. The Hall–Kier alpha value is -0.0200. The van der Waals surface area contributed by atoms with Crippen LogP contribution in [-0.4, -0.2) is 5.11 Å². The molecule has 0 saturated carbocycles. The summed E-state index contributed by atoms with van der Waals surface area (Å²) in [6, 6.07) is 1.75. The predicted molar refractivity (Wildman–Crippen MR) is 61.2 cm³/mol. The van der Waals surface area contributed by atoms with E-state index in [9.17, 15) is 5.11 Å².